The Morgan fingerprint density at radius 3 is 2.55 bits per heavy atom. The van der Waals surface area contributed by atoms with Gasteiger partial charge in [-0.05, 0) is 54.7 Å². The summed E-state index contributed by atoms with van der Waals surface area (Å²) in [7, 11) is 0. The molecule has 1 aliphatic heterocycles. The van der Waals surface area contributed by atoms with Crippen LogP contribution >= 0.6 is 0 Å². The molecule has 22 heavy (non-hydrogen) atoms. The Morgan fingerprint density at radius 2 is 1.86 bits per heavy atom. The molecular formula is C20H21NO. The molecule has 3 aliphatic carbocycles. The normalized spacial score (nSPS) is 29.6. The van der Waals surface area contributed by atoms with E-state index in [0.717, 1.165) is 25.7 Å². The zero-order valence-electron chi connectivity index (χ0n) is 13.0. The topological polar surface area (TPSA) is 29.4 Å². The summed E-state index contributed by atoms with van der Waals surface area (Å²) in [5.41, 5.74) is 6.15. The second-order valence-electron chi connectivity index (χ2n) is 6.65. The predicted molar refractivity (Wildman–Crippen MR) is 89.7 cm³/mol. The van der Waals surface area contributed by atoms with Gasteiger partial charge < -0.3 is 0 Å². The molecule has 0 spiro atoms. The Labute approximate surface area is 131 Å². The highest BCUT2D eigenvalue weighted by Crippen LogP contribution is 2.47. The molecule has 2 heteroatoms. The van der Waals surface area contributed by atoms with Crippen molar-refractivity contribution in [2.75, 3.05) is 0 Å². The number of allylic oxidation sites excluding steroid dienone is 10. The molecule has 0 aromatic rings. The van der Waals surface area contributed by atoms with Crippen LogP contribution in [0.2, 0.25) is 0 Å². The van der Waals surface area contributed by atoms with E-state index in [1.165, 1.54) is 28.9 Å². The zero-order valence-corrected chi connectivity index (χ0v) is 13.0. The lowest BCUT2D eigenvalue weighted by molar-refractivity contribution is -0.113. The minimum Gasteiger partial charge on any atom is -0.293 e. The van der Waals surface area contributed by atoms with E-state index < -0.39 is 0 Å². The van der Waals surface area contributed by atoms with Crippen LogP contribution in [-0.2, 0) is 4.79 Å². The van der Waals surface area contributed by atoms with Crippen molar-refractivity contribution in [2.45, 2.75) is 39.0 Å². The van der Waals surface area contributed by atoms with Crippen molar-refractivity contribution < 1.29 is 4.79 Å². The highest BCUT2D eigenvalue weighted by Gasteiger charge is 2.43. The van der Waals surface area contributed by atoms with Crippen molar-refractivity contribution in [1.29, 1.82) is 0 Å². The summed E-state index contributed by atoms with van der Waals surface area (Å²) < 4.78 is 0. The monoisotopic (exact) mass is 291 g/mol. The molecule has 2 nitrogen and oxygen atoms in total. The van der Waals surface area contributed by atoms with Gasteiger partial charge in [-0.25, -0.2) is 4.99 Å². The third-order valence-electron chi connectivity index (χ3n) is 5.07. The third kappa shape index (κ3) is 2.47. The number of Topliss-reactive ketones (excluding diaryl/α,β-unsaturated/α-hetero) is 1. The van der Waals surface area contributed by atoms with Gasteiger partial charge in [0.05, 0.1) is 0 Å². The Morgan fingerprint density at radius 1 is 1.09 bits per heavy atom. The number of hydrogen-bond acceptors (Lipinski definition) is 2. The molecule has 0 bridgehead atoms. The molecule has 0 saturated heterocycles. The van der Waals surface area contributed by atoms with Crippen LogP contribution < -0.4 is 0 Å². The number of ketones is 1. The smallest absolute Gasteiger partial charge is 0.177 e. The maximum absolute atomic E-state index is 11.6. The van der Waals surface area contributed by atoms with Gasteiger partial charge in [0.25, 0.3) is 0 Å². The summed E-state index contributed by atoms with van der Waals surface area (Å²) in [5.74, 6) is 1.22. The van der Waals surface area contributed by atoms with Crippen LogP contribution in [0.3, 0.4) is 0 Å². The first-order valence-corrected chi connectivity index (χ1v) is 8.30. The number of rotatable bonds is 3. The van der Waals surface area contributed by atoms with Crippen molar-refractivity contribution in [1.82, 2.24) is 0 Å². The first-order chi connectivity index (χ1) is 10.7. The minimum absolute atomic E-state index is 0.0923. The van der Waals surface area contributed by atoms with Gasteiger partial charge in [-0.1, -0.05) is 36.5 Å². The van der Waals surface area contributed by atoms with E-state index >= 15 is 0 Å². The van der Waals surface area contributed by atoms with Crippen molar-refractivity contribution in [3.05, 3.63) is 58.9 Å². The van der Waals surface area contributed by atoms with Crippen LogP contribution in [0, 0.1) is 11.8 Å². The molecule has 1 saturated carbocycles. The molecule has 112 valence electrons. The van der Waals surface area contributed by atoms with Crippen molar-refractivity contribution in [2.24, 2.45) is 16.8 Å². The lowest BCUT2D eigenvalue weighted by Crippen LogP contribution is -2.14. The van der Waals surface area contributed by atoms with Crippen LogP contribution in [-0.4, -0.2) is 11.5 Å². The summed E-state index contributed by atoms with van der Waals surface area (Å²) in [6.45, 7) is 1.62. The number of hydrogen-bond donors (Lipinski definition) is 0. The number of carbonyl (C=O) groups is 1. The quantitative estimate of drug-likeness (QED) is 0.754. The van der Waals surface area contributed by atoms with Crippen molar-refractivity contribution >= 4 is 11.5 Å². The van der Waals surface area contributed by atoms with Gasteiger partial charge in [0.15, 0.2) is 5.78 Å². The number of carbonyl (C=O) groups excluding carboxylic acids is 1. The van der Waals surface area contributed by atoms with Crippen molar-refractivity contribution in [3.63, 3.8) is 0 Å². The van der Waals surface area contributed by atoms with Crippen LogP contribution in [0.15, 0.2) is 63.9 Å². The molecule has 0 amide bonds. The SMILES string of the molecule is CC(=O)C1=CC2CC2C(C2=CC=C(C3=CC=CCC3)CC2)=N1. The molecule has 4 aliphatic rings. The highest BCUT2D eigenvalue weighted by atomic mass is 16.1. The van der Waals surface area contributed by atoms with E-state index in [9.17, 15) is 4.79 Å². The molecule has 2 atom stereocenters. The standard InChI is InChI=1S/C20H21NO/c1-13(22)19-12-17-11-18(17)20(21-19)16-9-7-15(8-10-16)14-5-3-2-4-6-14/h2-3,5,7,9,12,17-18H,4,6,8,10-11H2,1H3. The van der Waals surface area contributed by atoms with Crippen LogP contribution in [0.5, 0.6) is 0 Å². The molecule has 0 aromatic carbocycles. The van der Waals surface area contributed by atoms with Crippen LogP contribution in [0.25, 0.3) is 0 Å². The van der Waals surface area contributed by atoms with E-state index in [-0.39, 0.29) is 5.78 Å². The van der Waals surface area contributed by atoms with E-state index in [2.05, 4.69) is 41.4 Å². The predicted octanol–water partition coefficient (Wildman–Crippen LogP) is 4.47. The molecule has 1 fully saturated rings. The summed E-state index contributed by atoms with van der Waals surface area (Å²) in [6, 6.07) is 0. The van der Waals surface area contributed by atoms with Crippen molar-refractivity contribution in [3.8, 4) is 0 Å². The Balaban J connectivity index is 1.59. The molecule has 1 heterocycles. The number of fused-ring (bicyclic) bond motifs is 1. The molecule has 0 radical (unpaired) electrons. The van der Waals surface area contributed by atoms with E-state index in [1.807, 2.05) is 0 Å². The fourth-order valence-corrected chi connectivity index (χ4v) is 3.66. The average Bonchev–Trinajstić information content (AvgIpc) is 3.34. The fourth-order valence-electron chi connectivity index (χ4n) is 3.66. The Bertz CT molecular complexity index is 712. The van der Waals surface area contributed by atoms with E-state index in [4.69, 9.17) is 0 Å². The average molecular weight is 291 g/mol. The van der Waals surface area contributed by atoms with Gasteiger partial charge >= 0.3 is 0 Å². The summed E-state index contributed by atoms with van der Waals surface area (Å²) in [6.07, 6.45) is 18.9. The molecule has 4 rings (SSSR count). The fraction of sp³-hybridized carbons (Fsp3) is 0.400. The van der Waals surface area contributed by atoms with E-state index in [1.54, 1.807) is 6.92 Å². The number of nitrogens with zero attached hydrogens (tertiary/aromatic N) is 1. The second-order valence-corrected chi connectivity index (χ2v) is 6.65. The minimum atomic E-state index is 0.0923. The molecule has 2 unspecified atom stereocenters. The Hall–Kier alpha value is -1.96. The zero-order chi connectivity index (χ0) is 15.1. The van der Waals surface area contributed by atoms with Gasteiger partial charge in [0, 0.05) is 18.6 Å². The summed E-state index contributed by atoms with van der Waals surface area (Å²) >= 11 is 0. The number of aliphatic imine (C=N–C) groups is 1. The first kappa shape index (κ1) is 13.7. The Kier molecular flexibility index (Phi) is 3.33. The largest absolute Gasteiger partial charge is 0.293 e. The molecular weight excluding hydrogens is 270 g/mol. The lowest BCUT2D eigenvalue weighted by Gasteiger charge is -2.20. The molecule has 0 N–H and O–H groups in total. The maximum atomic E-state index is 11.6. The summed E-state index contributed by atoms with van der Waals surface area (Å²) in [4.78, 5) is 16.3. The summed E-state index contributed by atoms with van der Waals surface area (Å²) in [5, 5.41) is 0. The van der Waals surface area contributed by atoms with Gasteiger partial charge in [-0.15, -0.1) is 0 Å². The lowest BCUT2D eigenvalue weighted by atomic mass is 9.86. The second kappa shape index (κ2) is 5.35. The first-order valence-electron chi connectivity index (χ1n) is 8.30. The van der Waals surface area contributed by atoms with Gasteiger partial charge in [-0.2, -0.15) is 0 Å². The maximum Gasteiger partial charge on any atom is 0.177 e. The highest BCUT2D eigenvalue weighted by molar-refractivity contribution is 6.09. The molecule has 0 aromatic heterocycles. The third-order valence-corrected chi connectivity index (χ3v) is 5.07. The van der Waals surface area contributed by atoms with Gasteiger partial charge in [-0.3, -0.25) is 4.79 Å². The van der Waals surface area contributed by atoms with Gasteiger partial charge in [0.1, 0.15) is 5.70 Å². The van der Waals surface area contributed by atoms with Crippen LogP contribution in [0.1, 0.15) is 39.0 Å². The van der Waals surface area contributed by atoms with Gasteiger partial charge in [0.2, 0.25) is 0 Å². The van der Waals surface area contributed by atoms with Crippen LogP contribution in [0.4, 0.5) is 0 Å². The van der Waals surface area contributed by atoms with E-state index in [0.29, 0.717) is 17.5 Å².